The lowest BCUT2D eigenvalue weighted by Gasteiger charge is -2.20. The monoisotopic (exact) mass is 238 g/mol. The Hall–Kier alpha value is -1.82. The molecule has 2 rings (SSSR count). The quantitative estimate of drug-likeness (QED) is 0.632. The minimum absolute atomic E-state index is 0.00495. The number of methoxy groups -OCH3 is 1. The molecule has 0 spiro atoms. The summed E-state index contributed by atoms with van der Waals surface area (Å²) in [6, 6.07) is 4.51. The van der Waals surface area contributed by atoms with E-state index in [4.69, 9.17) is 4.74 Å². The summed E-state index contributed by atoms with van der Waals surface area (Å²) >= 11 is 0. The van der Waals surface area contributed by atoms with Gasteiger partial charge in [0.1, 0.15) is 5.75 Å². The van der Waals surface area contributed by atoms with Crippen LogP contribution in [-0.2, 0) is 0 Å². The lowest BCUT2D eigenvalue weighted by molar-refractivity contribution is -0.384. The largest absolute Gasteiger partial charge is 0.494 e. The fraction of sp³-hybridized carbons (Fsp3) is 0.455. The molecule has 0 aromatic heterocycles. The number of hydrogen-bond donors (Lipinski definition) is 1. The zero-order valence-electron chi connectivity index (χ0n) is 9.50. The Morgan fingerprint density at radius 1 is 1.59 bits per heavy atom. The molecule has 0 saturated carbocycles. The maximum absolute atomic E-state index is 10.7. The van der Waals surface area contributed by atoms with Crippen molar-refractivity contribution in [3.63, 3.8) is 0 Å². The Balaban J connectivity index is 2.31. The third-order valence-electron chi connectivity index (χ3n) is 2.88. The number of hydrogen-bond acceptors (Lipinski definition) is 5. The highest BCUT2D eigenvalue weighted by molar-refractivity contribution is 5.63. The fourth-order valence-electron chi connectivity index (χ4n) is 2.00. The van der Waals surface area contributed by atoms with Crippen LogP contribution in [0.2, 0.25) is 0 Å². The minimum atomic E-state index is -0.453. The summed E-state index contributed by atoms with van der Waals surface area (Å²) in [5.41, 5.74) is 0.792. The number of benzene rings is 1. The molecule has 0 radical (unpaired) electrons. The number of nitro benzene ring substituents is 1. The van der Waals surface area contributed by atoms with E-state index in [1.54, 1.807) is 6.07 Å². The van der Waals surface area contributed by atoms with E-state index in [0.29, 0.717) is 18.7 Å². The molecule has 1 fully saturated rings. The van der Waals surface area contributed by atoms with Gasteiger partial charge < -0.3 is 14.7 Å². The normalized spacial score (nSPS) is 19.4. The molecule has 0 unspecified atom stereocenters. The summed E-state index contributed by atoms with van der Waals surface area (Å²) in [7, 11) is 1.48. The van der Waals surface area contributed by atoms with Crippen LogP contribution < -0.4 is 9.64 Å². The van der Waals surface area contributed by atoms with Gasteiger partial charge in [-0.15, -0.1) is 0 Å². The zero-order valence-corrected chi connectivity index (χ0v) is 9.50. The number of anilines is 1. The number of nitrogens with zero attached hydrogens (tertiary/aromatic N) is 2. The Morgan fingerprint density at radius 2 is 2.35 bits per heavy atom. The predicted molar refractivity (Wildman–Crippen MR) is 62.5 cm³/mol. The van der Waals surface area contributed by atoms with Crippen LogP contribution in [-0.4, -0.2) is 36.3 Å². The molecule has 1 saturated heterocycles. The molecule has 1 atom stereocenters. The van der Waals surface area contributed by atoms with Crippen molar-refractivity contribution in [3.8, 4) is 5.75 Å². The number of nitro groups is 1. The van der Waals surface area contributed by atoms with Crippen LogP contribution >= 0.6 is 0 Å². The van der Waals surface area contributed by atoms with Crippen LogP contribution in [0.4, 0.5) is 11.4 Å². The molecular formula is C11H14N2O4. The van der Waals surface area contributed by atoms with Crippen molar-refractivity contribution in [3.05, 3.63) is 28.3 Å². The van der Waals surface area contributed by atoms with E-state index in [2.05, 4.69) is 0 Å². The molecule has 0 amide bonds. The first kappa shape index (κ1) is 11.7. The van der Waals surface area contributed by atoms with Crippen LogP contribution in [0.5, 0.6) is 5.75 Å². The molecule has 6 heteroatoms. The van der Waals surface area contributed by atoms with Crippen LogP contribution in [0, 0.1) is 10.1 Å². The van der Waals surface area contributed by atoms with Crippen molar-refractivity contribution >= 4 is 11.4 Å². The van der Waals surface area contributed by atoms with E-state index in [9.17, 15) is 15.2 Å². The van der Waals surface area contributed by atoms with Crippen molar-refractivity contribution in [2.24, 2.45) is 0 Å². The summed E-state index contributed by atoms with van der Waals surface area (Å²) in [4.78, 5) is 12.2. The van der Waals surface area contributed by atoms with E-state index < -0.39 is 4.92 Å². The topological polar surface area (TPSA) is 75.8 Å². The van der Waals surface area contributed by atoms with Gasteiger partial charge in [0.05, 0.1) is 29.9 Å². The molecule has 1 heterocycles. The van der Waals surface area contributed by atoms with Crippen molar-refractivity contribution in [2.45, 2.75) is 12.5 Å². The van der Waals surface area contributed by atoms with E-state index in [1.807, 2.05) is 4.90 Å². The first-order valence-corrected chi connectivity index (χ1v) is 5.37. The Labute approximate surface area is 98.6 Å². The standard InChI is InChI=1S/C11H14N2O4/c1-17-11-6-8(13(15)16)2-3-10(11)12-5-4-9(14)7-12/h2-3,6,9,14H,4-5,7H2,1H3/t9-/m0/s1. The molecule has 1 aliphatic heterocycles. The maximum Gasteiger partial charge on any atom is 0.273 e. The molecule has 0 aliphatic carbocycles. The molecule has 1 aromatic carbocycles. The molecule has 0 bridgehead atoms. The van der Waals surface area contributed by atoms with Gasteiger partial charge in [-0.1, -0.05) is 0 Å². The first-order valence-electron chi connectivity index (χ1n) is 5.37. The van der Waals surface area contributed by atoms with Crippen molar-refractivity contribution in [2.75, 3.05) is 25.1 Å². The van der Waals surface area contributed by atoms with Gasteiger partial charge in [-0.3, -0.25) is 10.1 Å². The van der Waals surface area contributed by atoms with Gasteiger partial charge in [-0.05, 0) is 12.5 Å². The van der Waals surface area contributed by atoms with Crippen LogP contribution in [0.1, 0.15) is 6.42 Å². The number of aliphatic hydroxyl groups is 1. The summed E-state index contributed by atoms with van der Waals surface area (Å²) < 4.78 is 5.16. The van der Waals surface area contributed by atoms with Crippen molar-refractivity contribution in [1.82, 2.24) is 0 Å². The molecule has 1 N–H and O–H groups in total. The Kier molecular flexibility index (Phi) is 3.14. The molecular weight excluding hydrogens is 224 g/mol. The average Bonchev–Trinajstić information content (AvgIpc) is 2.74. The van der Waals surface area contributed by atoms with E-state index >= 15 is 0 Å². The molecule has 6 nitrogen and oxygen atoms in total. The highest BCUT2D eigenvalue weighted by Gasteiger charge is 2.24. The molecule has 1 aliphatic rings. The lowest BCUT2D eigenvalue weighted by atomic mass is 10.2. The van der Waals surface area contributed by atoms with Gasteiger partial charge in [0.25, 0.3) is 5.69 Å². The third-order valence-corrected chi connectivity index (χ3v) is 2.88. The summed E-state index contributed by atoms with van der Waals surface area (Å²) in [5, 5.41) is 20.1. The summed E-state index contributed by atoms with van der Waals surface area (Å²) in [6.45, 7) is 1.27. The Bertz CT molecular complexity index is 435. The van der Waals surface area contributed by atoms with Gasteiger partial charge in [0, 0.05) is 19.2 Å². The maximum atomic E-state index is 10.7. The van der Waals surface area contributed by atoms with Gasteiger partial charge in [-0.25, -0.2) is 0 Å². The summed E-state index contributed by atoms with van der Waals surface area (Å²) in [5.74, 6) is 0.466. The molecule has 1 aromatic rings. The molecule has 17 heavy (non-hydrogen) atoms. The first-order chi connectivity index (χ1) is 8.11. The van der Waals surface area contributed by atoms with E-state index in [-0.39, 0.29) is 11.8 Å². The van der Waals surface area contributed by atoms with Gasteiger partial charge in [0.15, 0.2) is 0 Å². The van der Waals surface area contributed by atoms with E-state index in [1.165, 1.54) is 19.2 Å². The van der Waals surface area contributed by atoms with E-state index in [0.717, 1.165) is 12.2 Å². The number of β-amino-alcohol motifs (C(OH)–C–C–N with tert-alkyl or cyclic N) is 1. The van der Waals surface area contributed by atoms with Crippen LogP contribution in [0.25, 0.3) is 0 Å². The second-order valence-corrected chi connectivity index (χ2v) is 4.00. The van der Waals surface area contributed by atoms with Crippen molar-refractivity contribution in [1.29, 1.82) is 0 Å². The average molecular weight is 238 g/mol. The third kappa shape index (κ3) is 2.31. The second-order valence-electron chi connectivity index (χ2n) is 4.00. The van der Waals surface area contributed by atoms with Gasteiger partial charge in [-0.2, -0.15) is 0 Å². The minimum Gasteiger partial charge on any atom is -0.494 e. The van der Waals surface area contributed by atoms with Gasteiger partial charge >= 0.3 is 0 Å². The predicted octanol–water partition coefficient (Wildman–Crippen LogP) is 1.17. The number of rotatable bonds is 3. The lowest BCUT2D eigenvalue weighted by Crippen LogP contribution is -2.21. The smallest absolute Gasteiger partial charge is 0.273 e. The zero-order chi connectivity index (χ0) is 12.4. The highest BCUT2D eigenvalue weighted by Crippen LogP contribution is 2.33. The fourth-order valence-corrected chi connectivity index (χ4v) is 2.00. The van der Waals surface area contributed by atoms with Crippen LogP contribution in [0.15, 0.2) is 18.2 Å². The SMILES string of the molecule is COc1cc([N+](=O)[O-])ccc1N1CC[C@H](O)C1. The Morgan fingerprint density at radius 3 is 2.88 bits per heavy atom. The number of non-ortho nitro benzene ring substituents is 1. The van der Waals surface area contributed by atoms with Crippen LogP contribution in [0.3, 0.4) is 0 Å². The number of aliphatic hydroxyl groups excluding tert-OH is 1. The molecule has 92 valence electrons. The highest BCUT2D eigenvalue weighted by atomic mass is 16.6. The number of ether oxygens (including phenoxy) is 1. The second kappa shape index (κ2) is 4.58. The van der Waals surface area contributed by atoms with Crippen molar-refractivity contribution < 1.29 is 14.8 Å². The summed E-state index contributed by atoms with van der Waals surface area (Å²) in [6.07, 6.45) is 0.370. The van der Waals surface area contributed by atoms with Gasteiger partial charge in [0.2, 0.25) is 0 Å².